The van der Waals surface area contributed by atoms with E-state index in [1.807, 2.05) is 19.1 Å². The molecule has 2 aliphatic rings. The second kappa shape index (κ2) is 11.8. The number of hydrogen-bond donors (Lipinski definition) is 1. The predicted octanol–water partition coefficient (Wildman–Crippen LogP) is 3.91. The lowest BCUT2D eigenvalue weighted by Crippen LogP contribution is -2.46. The lowest BCUT2D eigenvalue weighted by Gasteiger charge is -2.38. The third kappa shape index (κ3) is 6.36. The van der Waals surface area contributed by atoms with Gasteiger partial charge in [-0.2, -0.15) is 0 Å². The molecule has 1 N–H and O–H groups in total. The minimum absolute atomic E-state index is 0.0258. The van der Waals surface area contributed by atoms with E-state index in [2.05, 4.69) is 27.2 Å². The number of carbonyl (C=O) groups is 1. The number of nitrogens with one attached hydrogen (secondary N) is 1. The summed E-state index contributed by atoms with van der Waals surface area (Å²) in [6.45, 7) is 7.30. The Hall–Kier alpha value is -2.45. The van der Waals surface area contributed by atoms with Crippen LogP contribution < -0.4 is 10.2 Å². The van der Waals surface area contributed by atoms with Crippen LogP contribution in [-0.4, -0.2) is 69.5 Å². The highest BCUT2D eigenvalue weighted by atomic mass is 35.5. The zero-order chi connectivity index (χ0) is 23.9. The van der Waals surface area contributed by atoms with E-state index in [1.54, 1.807) is 18.2 Å². The van der Waals surface area contributed by atoms with Crippen molar-refractivity contribution in [3.8, 4) is 0 Å². The van der Waals surface area contributed by atoms with E-state index >= 15 is 0 Å². The number of anilines is 1. The molecule has 182 valence electrons. The van der Waals surface area contributed by atoms with Gasteiger partial charge in [-0.1, -0.05) is 29.8 Å². The smallest absolute Gasteiger partial charge is 0.244 e. The van der Waals surface area contributed by atoms with Gasteiger partial charge in [0.05, 0.1) is 32.0 Å². The number of nitrogens with zero attached hydrogens (tertiary/aromatic N) is 2. The van der Waals surface area contributed by atoms with Crippen LogP contribution in [0.15, 0.2) is 48.5 Å². The van der Waals surface area contributed by atoms with Crippen LogP contribution in [-0.2, 0) is 14.3 Å². The van der Waals surface area contributed by atoms with Crippen molar-refractivity contribution in [1.82, 2.24) is 10.2 Å². The van der Waals surface area contributed by atoms with Gasteiger partial charge < -0.3 is 19.7 Å². The summed E-state index contributed by atoms with van der Waals surface area (Å²) in [6, 6.07) is 12.4. The Bertz CT molecular complexity index is 975. The fourth-order valence-electron chi connectivity index (χ4n) is 4.42. The number of carbonyl (C=O) groups excluding carboxylic acids is 1. The molecule has 0 bridgehead atoms. The Labute approximate surface area is 205 Å². The second-order valence-corrected chi connectivity index (χ2v) is 9.00. The SMILES string of the molecule is CC1CN(C(CNC(=O)/C=C/c2ccc(N3CCOCC3)cc2)c2c(F)cccc2Cl)CCO1. The van der Waals surface area contributed by atoms with Crippen LogP contribution in [0, 0.1) is 5.82 Å². The first kappa shape index (κ1) is 24.7. The summed E-state index contributed by atoms with van der Waals surface area (Å²) in [5.74, 6) is -0.613. The third-order valence-corrected chi connectivity index (χ3v) is 6.54. The monoisotopic (exact) mass is 487 g/mol. The van der Waals surface area contributed by atoms with E-state index in [1.165, 1.54) is 12.1 Å². The van der Waals surface area contributed by atoms with Crippen molar-refractivity contribution in [2.24, 2.45) is 0 Å². The molecule has 6 nitrogen and oxygen atoms in total. The molecule has 2 unspecified atom stereocenters. The van der Waals surface area contributed by atoms with Gasteiger partial charge in [-0.3, -0.25) is 9.69 Å². The molecule has 0 aromatic heterocycles. The van der Waals surface area contributed by atoms with Crippen molar-refractivity contribution < 1.29 is 18.7 Å². The highest BCUT2D eigenvalue weighted by molar-refractivity contribution is 6.31. The fourth-order valence-corrected chi connectivity index (χ4v) is 4.71. The molecule has 2 aromatic carbocycles. The molecule has 8 heteroatoms. The van der Waals surface area contributed by atoms with Crippen molar-refractivity contribution in [3.63, 3.8) is 0 Å². The molecular weight excluding hydrogens is 457 g/mol. The first-order valence-electron chi connectivity index (χ1n) is 11.7. The van der Waals surface area contributed by atoms with Gasteiger partial charge in [-0.15, -0.1) is 0 Å². The standard InChI is InChI=1S/C26H31ClFN3O3/c1-19-18-31(13-16-34-19)24(26-22(27)3-2-4-23(26)28)17-29-25(32)10-7-20-5-8-21(9-6-20)30-11-14-33-15-12-30/h2-10,19,24H,11-18H2,1H3,(H,29,32)/b10-7+. The van der Waals surface area contributed by atoms with Crippen molar-refractivity contribution in [1.29, 1.82) is 0 Å². The van der Waals surface area contributed by atoms with Gasteiger partial charge in [0.2, 0.25) is 5.91 Å². The first-order valence-corrected chi connectivity index (χ1v) is 12.1. The van der Waals surface area contributed by atoms with Crippen LogP contribution >= 0.6 is 11.6 Å². The molecule has 1 amide bonds. The summed E-state index contributed by atoms with van der Waals surface area (Å²) in [7, 11) is 0. The molecule has 34 heavy (non-hydrogen) atoms. The van der Waals surface area contributed by atoms with E-state index in [0.717, 1.165) is 37.6 Å². The van der Waals surface area contributed by atoms with E-state index < -0.39 is 0 Å². The molecule has 2 aromatic rings. The van der Waals surface area contributed by atoms with Gasteiger partial charge in [0.1, 0.15) is 5.82 Å². The van der Waals surface area contributed by atoms with E-state index in [0.29, 0.717) is 30.3 Å². The maximum Gasteiger partial charge on any atom is 0.244 e. The average molecular weight is 488 g/mol. The van der Waals surface area contributed by atoms with Gasteiger partial charge in [0.15, 0.2) is 0 Å². The van der Waals surface area contributed by atoms with Crippen LogP contribution in [0.5, 0.6) is 0 Å². The van der Waals surface area contributed by atoms with Crippen LogP contribution in [0.4, 0.5) is 10.1 Å². The Morgan fingerprint density at radius 2 is 1.94 bits per heavy atom. The number of ether oxygens (including phenoxy) is 2. The number of morpholine rings is 2. The summed E-state index contributed by atoms with van der Waals surface area (Å²) in [4.78, 5) is 17.0. The molecule has 2 atom stereocenters. The summed E-state index contributed by atoms with van der Waals surface area (Å²) in [5.41, 5.74) is 2.48. The highest BCUT2D eigenvalue weighted by Gasteiger charge is 2.29. The topological polar surface area (TPSA) is 54.0 Å². The number of benzene rings is 2. The predicted molar refractivity (Wildman–Crippen MR) is 133 cm³/mol. The fraction of sp³-hybridized carbons (Fsp3) is 0.423. The first-order chi connectivity index (χ1) is 16.5. The normalized spacial score (nSPS) is 20.4. The summed E-state index contributed by atoms with van der Waals surface area (Å²) in [5, 5.41) is 3.28. The van der Waals surface area contributed by atoms with Gasteiger partial charge in [-0.05, 0) is 42.8 Å². The largest absolute Gasteiger partial charge is 0.378 e. The van der Waals surface area contributed by atoms with E-state index in [4.69, 9.17) is 21.1 Å². The molecule has 0 aliphatic carbocycles. The van der Waals surface area contributed by atoms with Crippen LogP contribution in [0.25, 0.3) is 6.08 Å². The minimum atomic E-state index is -0.384. The van der Waals surface area contributed by atoms with Gasteiger partial charge in [-0.25, -0.2) is 4.39 Å². The van der Waals surface area contributed by atoms with Gasteiger partial charge in [0, 0.05) is 55.1 Å². The lowest BCUT2D eigenvalue weighted by molar-refractivity contribution is -0.116. The van der Waals surface area contributed by atoms with Gasteiger partial charge >= 0.3 is 0 Å². The number of amides is 1. The molecule has 2 fully saturated rings. The number of hydrogen-bond acceptors (Lipinski definition) is 5. The van der Waals surface area contributed by atoms with Crippen LogP contribution in [0.3, 0.4) is 0 Å². The second-order valence-electron chi connectivity index (χ2n) is 8.60. The lowest BCUT2D eigenvalue weighted by atomic mass is 10.0. The number of rotatable bonds is 7. The van der Waals surface area contributed by atoms with E-state index in [9.17, 15) is 9.18 Å². The molecule has 2 heterocycles. The molecular formula is C26H31ClFN3O3. The average Bonchev–Trinajstić information content (AvgIpc) is 2.85. The Balaban J connectivity index is 1.40. The zero-order valence-electron chi connectivity index (χ0n) is 19.4. The minimum Gasteiger partial charge on any atom is -0.378 e. The Morgan fingerprint density at radius 3 is 2.65 bits per heavy atom. The molecule has 0 saturated carbocycles. The maximum atomic E-state index is 14.7. The quantitative estimate of drug-likeness (QED) is 0.600. The Kier molecular flexibility index (Phi) is 8.56. The maximum absolute atomic E-state index is 14.7. The summed E-state index contributed by atoms with van der Waals surface area (Å²) in [6.07, 6.45) is 3.31. The summed E-state index contributed by atoms with van der Waals surface area (Å²) >= 11 is 6.37. The molecule has 4 rings (SSSR count). The van der Waals surface area contributed by atoms with Crippen molar-refractivity contribution in [3.05, 3.63) is 70.5 Å². The Morgan fingerprint density at radius 1 is 1.18 bits per heavy atom. The van der Waals surface area contributed by atoms with Gasteiger partial charge in [0.25, 0.3) is 0 Å². The molecule has 2 saturated heterocycles. The van der Waals surface area contributed by atoms with E-state index in [-0.39, 0.29) is 30.4 Å². The molecule has 0 spiro atoms. The molecule has 0 radical (unpaired) electrons. The van der Waals surface area contributed by atoms with Crippen molar-refractivity contribution >= 4 is 29.3 Å². The molecule has 2 aliphatic heterocycles. The van der Waals surface area contributed by atoms with Crippen LogP contribution in [0.2, 0.25) is 5.02 Å². The third-order valence-electron chi connectivity index (χ3n) is 6.21. The highest BCUT2D eigenvalue weighted by Crippen LogP contribution is 2.31. The van der Waals surface area contributed by atoms with Crippen LogP contribution in [0.1, 0.15) is 24.1 Å². The number of halogens is 2. The van der Waals surface area contributed by atoms with Crippen molar-refractivity contribution in [2.45, 2.75) is 19.1 Å². The zero-order valence-corrected chi connectivity index (χ0v) is 20.1. The summed E-state index contributed by atoms with van der Waals surface area (Å²) < 4.78 is 25.8. The van der Waals surface area contributed by atoms with Crippen molar-refractivity contribution in [2.75, 3.05) is 57.4 Å².